The summed E-state index contributed by atoms with van der Waals surface area (Å²) in [5.41, 5.74) is 1.79. The molecule has 23 heavy (non-hydrogen) atoms. The number of ether oxygens (including phenoxy) is 1. The maximum absolute atomic E-state index is 12.1. The van der Waals surface area contributed by atoms with Crippen molar-refractivity contribution in [1.29, 1.82) is 0 Å². The monoisotopic (exact) mass is 330 g/mol. The average molecular weight is 330 g/mol. The van der Waals surface area contributed by atoms with E-state index in [2.05, 4.69) is 0 Å². The quantitative estimate of drug-likeness (QED) is 0.869. The number of esters is 1. The van der Waals surface area contributed by atoms with Crippen LogP contribution in [0.25, 0.3) is 11.1 Å². The van der Waals surface area contributed by atoms with Gasteiger partial charge in [-0.1, -0.05) is 42.5 Å². The zero-order chi connectivity index (χ0) is 16.6. The molecule has 0 unspecified atom stereocenters. The highest BCUT2D eigenvalue weighted by Crippen LogP contribution is 2.36. The summed E-state index contributed by atoms with van der Waals surface area (Å²) >= 11 is 0. The number of aliphatic hydroxyl groups excluding tert-OH is 1. The summed E-state index contributed by atoms with van der Waals surface area (Å²) in [6.07, 6.45) is -0.255. The molecule has 1 aliphatic rings. The van der Waals surface area contributed by atoms with Crippen LogP contribution in [0.3, 0.4) is 0 Å². The highest BCUT2D eigenvalue weighted by Gasteiger charge is 2.34. The van der Waals surface area contributed by atoms with Crippen molar-refractivity contribution in [3.63, 3.8) is 0 Å². The fraction of sp³-hybridized carbons (Fsp3) is 0.118. The van der Waals surface area contributed by atoms with Gasteiger partial charge < -0.3 is 9.84 Å². The van der Waals surface area contributed by atoms with Crippen LogP contribution >= 0.6 is 0 Å². The van der Waals surface area contributed by atoms with Crippen LogP contribution < -0.4 is 0 Å². The standard InChI is InChI=1S/C17H14O5S/c1-23(20,21)13-9-7-12(8-10-13)15-14(16(18)22-17(15)19)11-5-3-2-4-6-11/h2-10,17,19H,1H3/t17-/m1/s1. The van der Waals surface area contributed by atoms with E-state index in [1.54, 1.807) is 36.4 Å². The van der Waals surface area contributed by atoms with Gasteiger partial charge in [0.05, 0.1) is 10.5 Å². The van der Waals surface area contributed by atoms with Crippen LogP contribution in [0.1, 0.15) is 11.1 Å². The van der Waals surface area contributed by atoms with Gasteiger partial charge in [-0.25, -0.2) is 13.2 Å². The van der Waals surface area contributed by atoms with Crippen LogP contribution in [-0.2, 0) is 19.4 Å². The summed E-state index contributed by atoms with van der Waals surface area (Å²) in [6, 6.07) is 14.9. The van der Waals surface area contributed by atoms with E-state index in [1.807, 2.05) is 6.07 Å². The molecule has 0 amide bonds. The normalized spacial score (nSPS) is 18.2. The lowest BCUT2D eigenvalue weighted by Gasteiger charge is -2.09. The van der Waals surface area contributed by atoms with Crippen LogP contribution in [0.2, 0.25) is 0 Å². The minimum atomic E-state index is -3.31. The van der Waals surface area contributed by atoms with Crippen LogP contribution in [0.15, 0.2) is 59.5 Å². The molecule has 6 heteroatoms. The molecule has 0 spiro atoms. The van der Waals surface area contributed by atoms with E-state index in [1.165, 1.54) is 12.1 Å². The van der Waals surface area contributed by atoms with Gasteiger partial charge in [-0.3, -0.25) is 0 Å². The van der Waals surface area contributed by atoms with E-state index >= 15 is 0 Å². The fourth-order valence-corrected chi connectivity index (χ4v) is 3.13. The van der Waals surface area contributed by atoms with Crippen molar-refractivity contribution in [2.24, 2.45) is 0 Å². The Morgan fingerprint density at radius 2 is 1.57 bits per heavy atom. The van der Waals surface area contributed by atoms with Gasteiger partial charge >= 0.3 is 5.97 Å². The first-order valence-corrected chi connectivity index (χ1v) is 8.76. The molecule has 1 N–H and O–H groups in total. The lowest BCUT2D eigenvalue weighted by Crippen LogP contribution is -2.09. The van der Waals surface area contributed by atoms with Crippen molar-refractivity contribution in [3.05, 3.63) is 65.7 Å². The van der Waals surface area contributed by atoms with Gasteiger partial charge in [0.15, 0.2) is 9.84 Å². The third-order valence-electron chi connectivity index (χ3n) is 3.60. The molecular formula is C17H14O5S. The summed E-state index contributed by atoms with van der Waals surface area (Å²) in [4.78, 5) is 12.2. The van der Waals surface area contributed by atoms with E-state index in [9.17, 15) is 18.3 Å². The number of carbonyl (C=O) groups excluding carboxylic acids is 1. The van der Waals surface area contributed by atoms with Crippen LogP contribution in [0.4, 0.5) is 0 Å². The number of carbonyl (C=O) groups is 1. The highest BCUT2D eigenvalue weighted by atomic mass is 32.2. The van der Waals surface area contributed by atoms with Crippen molar-refractivity contribution >= 4 is 27.0 Å². The molecule has 0 radical (unpaired) electrons. The maximum Gasteiger partial charge on any atom is 0.341 e. The number of hydrogen-bond acceptors (Lipinski definition) is 5. The SMILES string of the molecule is CS(=O)(=O)c1ccc(C2=C(c3ccccc3)C(=O)O[C@H]2O)cc1. The molecule has 0 aromatic heterocycles. The van der Waals surface area contributed by atoms with Gasteiger partial charge in [-0.05, 0) is 23.3 Å². The van der Waals surface area contributed by atoms with Crippen molar-refractivity contribution < 1.29 is 23.1 Å². The van der Waals surface area contributed by atoms with Crippen molar-refractivity contribution in [2.75, 3.05) is 6.26 Å². The predicted octanol–water partition coefficient (Wildman–Crippen LogP) is 1.88. The zero-order valence-corrected chi connectivity index (χ0v) is 13.1. The number of sulfone groups is 1. The molecule has 0 saturated carbocycles. The second-order valence-corrected chi connectivity index (χ2v) is 7.22. The Kier molecular flexibility index (Phi) is 3.79. The minimum Gasteiger partial charge on any atom is -0.428 e. The van der Waals surface area contributed by atoms with Gasteiger partial charge in [0.2, 0.25) is 6.29 Å². The third kappa shape index (κ3) is 2.91. The Balaban J connectivity index is 2.15. The molecular weight excluding hydrogens is 316 g/mol. The summed E-state index contributed by atoms with van der Waals surface area (Å²) in [7, 11) is -3.31. The molecule has 2 aromatic rings. The van der Waals surface area contributed by atoms with Crippen molar-refractivity contribution in [1.82, 2.24) is 0 Å². The minimum absolute atomic E-state index is 0.169. The van der Waals surface area contributed by atoms with E-state index in [-0.39, 0.29) is 10.5 Å². The lowest BCUT2D eigenvalue weighted by atomic mass is 9.96. The predicted molar refractivity (Wildman–Crippen MR) is 84.9 cm³/mol. The Hall–Kier alpha value is -2.44. The molecule has 1 heterocycles. The fourth-order valence-electron chi connectivity index (χ4n) is 2.50. The smallest absolute Gasteiger partial charge is 0.341 e. The second-order valence-electron chi connectivity index (χ2n) is 5.21. The number of benzene rings is 2. The second kappa shape index (κ2) is 5.64. The summed E-state index contributed by atoms with van der Waals surface area (Å²) in [5.74, 6) is -0.606. The van der Waals surface area contributed by atoms with E-state index in [0.29, 0.717) is 16.7 Å². The van der Waals surface area contributed by atoms with E-state index in [4.69, 9.17) is 4.74 Å². The summed E-state index contributed by atoms with van der Waals surface area (Å²) in [5, 5.41) is 10.1. The van der Waals surface area contributed by atoms with Crippen LogP contribution in [0.5, 0.6) is 0 Å². The summed E-state index contributed by atoms with van der Waals surface area (Å²) in [6.45, 7) is 0. The Labute approximate surface area is 133 Å². The van der Waals surface area contributed by atoms with Gasteiger partial charge in [-0.2, -0.15) is 0 Å². The first kappa shape index (κ1) is 15.5. The van der Waals surface area contributed by atoms with Gasteiger partial charge in [0, 0.05) is 11.8 Å². The third-order valence-corrected chi connectivity index (χ3v) is 4.72. The molecule has 118 valence electrons. The maximum atomic E-state index is 12.1. The van der Waals surface area contributed by atoms with Gasteiger partial charge in [-0.15, -0.1) is 0 Å². The Morgan fingerprint density at radius 1 is 0.957 bits per heavy atom. The Bertz CT molecular complexity index is 880. The average Bonchev–Trinajstić information content (AvgIpc) is 2.82. The molecule has 1 aliphatic heterocycles. The zero-order valence-electron chi connectivity index (χ0n) is 12.3. The molecule has 5 nitrogen and oxygen atoms in total. The van der Waals surface area contributed by atoms with Crippen LogP contribution in [0, 0.1) is 0 Å². The first-order valence-electron chi connectivity index (χ1n) is 6.87. The van der Waals surface area contributed by atoms with Crippen molar-refractivity contribution in [2.45, 2.75) is 11.2 Å². The highest BCUT2D eigenvalue weighted by molar-refractivity contribution is 7.90. The van der Waals surface area contributed by atoms with Gasteiger partial charge in [0.25, 0.3) is 0 Å². The van der Waals surface area contributed by atoms with E-state index < -0.39 is 22.1 Å². The number of cyclic esters (lactones) is 1. The molecule has 0 fully saturated rings. The molecule has 0 bridgehead atoms. The topological polar surface area (TPSA) is 80.7 Å². The van der Waals surface area contributed by atoms with Crippen LogP contribution in [-0.4, -0.2) is 32.0 Å². The lowest BCUT2D eigenvalue weighted by molar-refractivity contribution is -0.148. The molecule has 0 saturated heterocycles. The van der Waals surface area contributed by atoms with E-state index in [0.717, 1.165) is 6.26 Å². The molecule has 3 rings (SSSR count). The molecule has 0 aliphatic carbocycles. The summed E-state index contributed by atoms with van der Waals surface area (Å²) < 4.78 is 28.0. The number of rotatable bonds is 3. The molecule has 2 aromatic carbocycles. The number of aliphatic hydroxyl groups is 1. The number of hydrogen-bond donors (Lipinski definition) is 1. The Morgan fingerprint density at radius 3 is 2.13 bits per heavy atom. The first-order chi connectivity index (χ1) is 10.9. The van der Waals surface area contributed by atoms with Crippen molar-refractivity contribution in [3.8, 4) is 0 Å². The molecule has 1 atom stereocenters. The van der Waals surface area contributed by atoms with Gasteiger partial charge in [0.1, 0.15) is 0 Å². The largest absolute Gasteiger partial charge is 0.428 e.